The zero-order chi connectivity index (χ0) is 25.5. The van der Waals surface area contributed by atoms with Crippen LogP contribution in [0.15, 0.2) is 35.3 Å². The van der Waals surface area contributed by atoms with Gasteiger partial charge < -0.3 is 20.8 Å². The van der Waals surface area contributed by atoms with Crippen LogP contribution in [-0.4, -0.2) is 59.9 Å². The van der Waals surface area contributed by atoms with E-state index in [0.29, 0.717) is 11.4 Å². The number of hydrogen-bond acceptors (Lipinski definition) is 9. The highest BCUT2D eigenvalue weighted by atomic mass is 16.4. The Morgan fingerprint density at radius 1 is 1.09 bits per heavy atom. The standard InChI is InChI=1S/C21H21N7O7/c1-10(29)24-21-27-17-16(19(33)28-21)25-13(9-23-17)8-22-12-4-2-11(3-5-12)18(32)26-14(20(34)35)6-7-15(30)31/h2-5,9,14,22H,6-8H2,1H3,(H,26,32)(H,30,31)(H,34,35)(H2,23,24,27,28,29,33)/t14-/m0/s1/i2+1,3+1,4+1,5+1,11+1,12+1. The van der Waals surface area contributed by atoms with Gasteiger partial charge in [0.2, 0.25) is 11.9 Å². The van der Waals surface area contributed by atoms with E-state index in [-0.39, 0.29) is 35.6 Å². The zero-order valence-electron chi connectivity index (χ0n) is 18.4. The molecule has 0 radical (unpaired) electrons. The van der Waals surface area contributed by atoms with Gasteiger partial charge in [0, 0.05) is 24.6 Å². The number of aliphatic carboxylic acids is 2. The molecule has 0 aliphatic rings. The van der Waals surface area contributed by atoms with Crippen LogP contribution in [-0.2, 0) is 20.9 Å². The number of nitrogens with one attached hydrogen (secondary N) is 4. The molecule has 1 atom stereocenters. The smallest absolute Gasteiger partial charge is 0.326 e. The molecule has 3 aromatic rings. The van der Waals surface area contributed by atoms with Crippen LogP contribution < -0.4 is 21.5 Å². The number of nitrogens with zero attached hydrogens (tertiary/aromatic N) is 3. The van der Waals surface area contributed by atoms with Crippen LogP contribution >= 0.6 is 0 Å². The molecule has 14 nitrogen and oxygen atoms in total. The molecule has 2 aromatic heterocycles. The first-order valence-electron chi connectivity index (χ1n) is 10.3. The topological polar surface area (TPSA) is 216 Å². The molecule has 0 spiro atoms. The van der Waals surface area contributed by atoms with Crippen molar-refractivity contribution in [2.75, 3.05) is 10.6 Å². The summed E-state index contributed by atoms with van der Waals surface area (Å²) in [5.74, 6) is -3.57. The molecule has 0 unspecified atom stereocenters. The molecule has 182 valence electrons. The third-order valence-corrected chi connectivity index (χ3v) is 4.63. The van der Waals surface area contributed by atoms with Crippen LogP contribution in [0, 0.1) is 0 Å². The minimum Gasteiger partial charge on any atom is -0.481 e. The highest BCUT2D eigenvalue weighted by molar-refractivity contribution is 5.97. The maximum absolute atomic E-state index is 12.3. The van der Waals surface area contributed by atoms with E-state index >= 15 is 0 Å². The highest BCUT2D eigenvalue weighted by Crippen LogP contribution is 2.12. The fourth-order valence-electron chi connectivity index (χ4n) is 2.96. The Morgan fingerprint density at radius 2 is 1.80 bits per heavy atom. The summed E-state index contributed by atoms with van der Waals surface area (Å²) in [7, 11) is 0. The SMILES string of the molecule is CC(=O)Nc1nc2ncc(CN[13c]3[13cH][13cH][13c](C(=O)N[C@@H](CCC(=O)O)C(=O)O)[13cH][13cH]3)nc2c(=O)[nH]1. The van der Waals surface area contributed by atoms with Gasteiger partial charge in [-0.25, -0.2) is 14.8 Å². The van der Waals surface area contributed by atoms with Gasteiger partial charge in [0.25, 0.3) is 11.5 Å². The highest BCUT2D eigenvalue weighted by Gasteiger charge is 2.21. The minimum atomic E-state index is -1.32. The molecule has 14 heteroatoms. The number of aromatic nitrogens is 4. The average molecular weight is 489 g/mol. The lowest BCUT2D eigenvalue weighted by atomic mass is 10.1. The number of benzene rings is 1. The zero-order valence-corrected chi connectivity index (χ0v) is 18.4. The quantitative estimate of drug-likeness (QED) is 0.228. The normalized spacial score (nSPS) is 11.5. The van der Waals surface area contributed by atoms with E-state index in [2.05, 4.69) is 35.9 Å². The van der Waals surface area contributed by atoms with E-state index in [1.54, 1.807) is 12.1 Å². The summed E-state index contributed by atoms with van der Waals surface area (Å²) in [6.45, 7) is 1.47. The maximum Gasteiger partial charge on any atom is 0.326 e. The van der Waals surface area contributed by atoms with Gasteiger partial charge in [-0.15, -0.1) is 0 Å². The molecule has 2 heterocycles. The Morgan fingerprint density at radius 3 is 2.43 bits per heavy atom. The van der Waals surface area contributed by atoms with Crippen LogP contribution in [0.25, 0.3) is 11.2 Å². The number of hydrogen-bond donors (Lipinski definition) is 6. The largest absolute Gasteiger partial charge is 0.481 e. The summed E-state index contributed by atoms with van der Waals surface area (Å²) in [6, 6.07) is 4.79. The lowest BCUT2D eigenvalue weighted by Crippen LogP contribution is -2.41. The van der Waals surface area contributed by atoms with Crippen molar-refractivity contribution in [3.63, 3.8) is 0 Å². The van der Waals surface area contributed by atoms with E-state index in [1.807, 2.05) is 0 Å². The lowest BCUT2D eigenvalue weighted by Gasteiger charge is -2.14. The second kappa shape index (κ2) is 10.8. The van der Waals surface area contributed by atoms with Crippen molar-refractivity contribution in [1.29, 1.82) is 0 Å². The van der Waals surface area contributed by atoms with Gasteiger partial charge in [0.15, 0.2) is 11.2 Å². The predicted octanol–water partition coefficient (Wildman–Crippen LogP) is 0.331. The second-order valence-corrected chi connectivity index (χ2v) is 7.36. The van der Waals surface area contributed by atoms with Crippen molar-refractivity contribution in [2.24, 2.45) is 0 Å². The van der Waals surface area contributed by atoms with Gasteiger partial charge in [0.05, 0.1) is 18.4 Å². The Labute approximate surface area is 196 Å². The molecule has 2 amide bonds. The molecular formula is C21H21N7O7. The van der Waals surface area contributed by atoms with Gasteiger partial charge >= 0.3 is 11.9 Å². The average Bonchev–Trinajstić information content (AvgIpc) is 2.80. The molecule has 0 bridgehead atoms. The van der Waals surface area contributed by atoms with Crippen molar-refractivity contribution < 1.29 is 29.4 Å². The van der Waals surface area contributed by atoms with Crippen LogP contribution in [0.4, 0.5) is 11.6 Å². The fraction of sp³-hybridized carbons (Fsp3) is 0.238. The van der Waals surface area contributed by atoms with Crippen molar-refractivity contribution in [3.05, 3.63) is 52.1 Å². The van der Waals surface area contributed by atoms with Crippen LogP contribution in [0.3, 0.4) is 0 Å². The van der Waals surface area contributed by atoms with Gasteiger partial charge in [-0.3, -0.25) is 29.5 Å². The van der Waals surface area contributed by atoms with Crippen molar-refractivity contribution in [2.45, 2.75) is 32.4 Å². The summed E-state index contributed by atoms with van der Waals surface area (Å²) in [4.78, 5) is 72.3. The van der Waals surface area contributed by atoms with E-state index in [0.717, 1.165) is 0 Å². The molecule has 1 aromatic carbocycles. The second-order valence-electron chi connectivity index (χ2n) is 7.36. The number of H-pyrrole nitrogens is 1. The maximum atomic E-state index is 12.3. The van der Waals surface area contributed by atoms with E-state index in [9.17, 15) is 24.0 Å². The van der Waals surface area contributed by atoms with Gasteiger partial charge in [-0.2, -0.15) is 4.98 Å². The molecule has 6 N–H and O–H groups in total. The first kappa shape index (κ1) is 24.8. The molecule has 0 aliphatic carbocycles. The van der Waals surface area contributed by atoms with Gasteiger partial charge in [-0.1, -0.05) is 0 Å². The Hall–Kier alpha value is -4.88. The Kier molecular flexibility index (Phi) is 7.66. The number of anilines is 2. The molecule has 3 rings (SSSR count). The van der Waals surface area contributed by atoms with Crippen LogP contribution in [0.2, 0.25) is 0 Å². The van der Waals surface area contributed by atoms with Crippen molar-refractivity contribution >= 4 is 46.6 Å². The first-order chi connectivity index (χ1) is 16.6. The number of carbonyl (C=O) groups excluding carboxylic acids is 2. The monoisotopic (exact) mass is 489 g/mol. The van der Waals surface area contributed by atoms with Crippen LogP contribution in [0.1, 0.15) is 35.8 Å². The third-order valence-electron chi connectivity index (χ3n) is 4.63. The molecular weight excluding hydrogens is 468 g/mol. The summed E-state index contributed by atoms with van der Waals surface area (Å²) < 4.78 is 0. The minimum absolute atomic E-state index is 0.00121. The van der Waals surface area contributed by atoms with Crippen molar-refractivity contribution in [3.8, 4) is 0 Å². The molecule has 0 saturated heterocycles. The number of amides is 2. The number of aromatic amines is 1. The number of fused-ring (bicyclic) bond motifs is 1. The van der Waals surface area contributed by atoms with Crippen molar-refractivity contribution in [1.82, 2.24) is 25.3 Å². The summed E-state index contributed by atoms with van der Waals surface area (Å²) in [5, 5.41) is 25.6. The summed E-state index contributed by atoms with van der Waals surface area (Å²) >= 11 is 0. The third kappa shape index (κ3) is 6.80. The summed E-state index contributed by atoms with van der Waals surface area (Å²) in [6.07, 6.45) is 0.788. The molecule has 0 fully saturated rings. The van der Waals surface area contributed by atoms with Gasteiger partial charge in [-0.05, 0) is 30.7 Å². The number of carboxylic acids is 2. The van der Waals surface area contributed by atoms with Crippen LogP contribution in [0.5, 0.6) is 0 Å². The predicted molar refractivity (Wildman–Crippen MR) is 122 cm³/mol. The summed E-state index contributed by atoms with van der Waals surface area (Å²) in [5.41, 5.74) is 0.737. The Bertz CT molecular complexity index is 1340. The number of carbonyl (C=O) groups is 4. The van der Waals surface area contributed by atoms with E-state index in [4.69, 9.17) is 10.2 Å². The molecule has 35 heavy (non-hydrogen) atoms. The molecule has 0 saturated carbocycles. The fourth-order valence-corrected chi connectivity index (χ4v) is 2.96. The Balaban J connectivity index is 1.63. The number of rotatable bonds is 10. The lowest BCUT2D eigenvalue weighted by molar-refractivity contribution is -0.140. The molecule has 0 aliphatic heterocycles. The van der Waals surface area contributed by atoms with E-state index in [1.165, 1.54) is 25.3 Å². The number of carboxylic acid groups (broad SMARTS) is 2. The van der Waals surface area contributed by atoms with E-state index < -0.39 is 41.8 Å². The first-order valence-corrected chi connectivity index (χ1v) is 10.3. The van der Waals surface area contributed by atoms with Gasteiger partial charge in [0.1, 0.15) is 6.04 Å².